The summed E-state index contributed by atoms with van der Waals surface area (Å²) in [5.41, 5.74) is 5.05. The number of hydrogen-bond donors (Lipinski definition) is 3. The van der Waals surface area contributed by atoms with E-state index in [4.69, 9.17) is 20.7 Å². The van der Waals surface area contributed by atoms with Crippen LogP contribution in [0.2, 0.25) is 0 Å². The van der Waals surface area contributed by atoms with Crippen molar-refractivity contribution in [2.45, 2.75) is 6.42 Å². The van der Waals surface area contributed by atoms with Gasteiger partial charge in [-0.1, -0.05) is 0 Å². The Labute approximate surface area is 91.3 Å². The van der Waals surface area contributed by atoms with Crippen LogP contribution in [0.3, 0.4) is 0 Å². The zero-order valence-electron chi connectivity index (χ0n) is 8.44. The van der Waals surface area contributed by atoms with Crippen LogP contribution >= 0.6 is 0 Å². The fourth-order valence-corrected chi connectivity index (χ4v) is 1.11. The molecule has 6 heteroatoms. The molecule has 0 atom stereocenters. The number of carboxylic acids is 1. The monoisotopic (exact) mass is 229 g/mol. The predicted octanol–water partition coefficient (Wildman–Crippen LogP) is 0.867. The first-order valence-electron chi connectivity index (χ1n) is 4.62. The van der Waals surface area contributed by atoms with Crippen molar-refractivity contribution < 1.29 is 24.1 Å². The Morgan fingerprint density at radius 2 is 2.19 bits per heavy atom. The fraction of sp³-hybridized carbons (Fsp3) is 0.300. The second kappa shape index (κ2) is 5.32. The minimum Gasteiger partial charge on any atom is -0.491 e. The number of hydrogen-bond acceptors (Lipinski definition) is 4. The molecule has 0 bridgehead atoms. The van der Waals surface area contributed by atoms with E-state index < -0.39 is 17.3 Å². The molecule has 0 heterocycles. The normalized spacial score (nSPS) is 10.1. The first kappa shape index (κ1) is 12.3. The van der Waals surface area contributed by atoms with Gasteiger partial charge < -0.3 is 20.7 Å². The maximum absolute atomic E-state index is 13.2. The van der Waals surface area contributed by atoms with Crippen LogP contribution in [0, 0.1) is 5.82 Å². The lowest BCUT2D eigenvalue weighted by Gasteiger charge is -2.09. The maximum Gasteiger partial charge on any atom is 0.338 e. The molecule has 0 aliphatic heterocycles. The summed E-state index contributed by atoms with van der Waals surface area (Å²) in [6.45, 7) is 0.141. The number of halogens is 1. The van der Waals surface area contributed by atoms with E-state index in [0.29, 0.717) is 6.42 Å². The van der Waals surface area contributed by atoms with Crippen molar-refractivity contribution in [1.29, 1.82) is 0 Å². The average molecular weight is 229 g/mol. The number of ether oxygens (including phenoxy) is 1. The molecule has 0 aromatic heterocycles. The van der Waals surface area contributed by atoms with Gasteiger partial charge in [0.05, 0.1) is 17.9 Å². The summed E-state index contributed by atoms with van der Waals surface area (Å²) < 4.78 is 18.3. The summed E-state index contributed by atoms with van der Waals surface area (Å²) in [6.07, 6.45) is 0.391. The average Bonchev–Trinajstić information content (AvgIpc) is 2.22. The van der Waals surface area contributed by atoms with Gasteiger partial charge in [0, 0.05) is 19.1 Å². The minimum absolute atomic E-state index is 0.0460. The van der Waals surface area contributed by atoms with Gasteiger partial charge >= 0.3 is 5.97 Å². The summed E-state index contributed by atoms with van der Waals surface area (Å²) >= 11 is 0. The number of carbonyl (C=O) groups is 1. The molecule has 1 aromatic carbocycles. The van der Waals surface area contributed by atoms with Crippen molar-refractivity contribution in [3.8, 4) is 5.75 Å². The summed E-state index contributed by atoms with van der Waals surface area (Å²) in [4.78, 5) is 10.6. The third-order valence-electron chi connectivity index (χ3n) is 1.89. The van der Waals surface area contributed by atoms with Crippen LogP contribution in [0.1, 0.15) is 16.8 Å². The van der Waals surface area contributed by atoms with Crippen LogP contribution in [0.25, 0.3) is 0 Å². The van der Waals surface area contributed by atoms with E-state index in [1.165, 1.54) is 0 Å². The fourth-order valence-electron chi connectivity index (χ4n) is 1.11. The van der Waals surface area contributed by atoms with Gasteiger partial charge in [0.1, 0.15) is 11.6 Å². The van der Waals surface area contributed by atoms with E-state index in [1.54, 1.807) is 0 Å². The number of benzene rings is 1. The Morgan fingerprint density at radius 1 is 1.50 bits per heavy atom. The Morgan fingerprint density at radius 3 is 2.75 bits per heavy atom. The molecule has 0 saturated carbocycles. The number of nitrogen functional groups attached to an aromatic ring is 1. The Balaban J connectivity index is 2.88. The van der Waals surface area contributed by atoms with Crippen molar-refractivity contribution in [3.05, 3.63) is 23.5 Å². The molecule has 1 aromatic rings. The van der Waals surface area contributed by atoms with Gasteiger partial charge in [-0.25, -0.2) is 9.18 Å². The molecular weight excluding hydrogens is 217 g/mol. The van der Waals surface area contributed by atoms with Gasteiger partial charge in [0.15, 0.2) is 0 Å². The SMILES string of the molecule is Nc1cc(C(=O)O)c(F)cc1OCCCO. The molecule has 0 fully saturated rings. The first-order valence-corrected chi connectivity index (χ1v) is 4.62. The van der Waals surface area contributed by atoms with Crippen LogP contribution < -0.4 is 10.5 Å². The highest BCUT2D eigenvalue weighted by molar-refractivity contribution is 5.89. The Kier molecular flexibility index (Phi) is 4.07. The van der Waals surface area contributed by atoms with E-state index in [2.05, 4.69) is 0 Å². The van der Waals surface area contributed by atoms with Crippen molar-refractivity contribution in [2.24, 2.45) is 0 Å². The van der Waals surface area contributed by atoms with Gasteiger partial charge in [-0.3, -0.25) is 0 Å². The van der Waals surface area contributed by atoms with E-state index in [9.17, 15) is 9.18 Å². The highest BCUT2D eigenvalue weighted by atomic mass is 19.1. The number of aromatic carboxylic acids is 1. The van der Waals surface area contributed by atoms with Crippen LogP contribution in [0.15, 0.2) is 12.1 Å². The topological polar surface area (TPSA) is 92.8 Å². The quantitative estimate of drug-likeness (QED) is 0.514. The summed E-state index contributed by atoms with van der Waals surface area (Å²) in [6, 6.07) is 1.93. The lowest BCUT2D eigenvalue weighted by Crippen LogP contribution is -2.06. The van der Waals surface area contributed by atoms with Crippen molar-refractivity contribution in [1.82, 2.24) is 0 Å². The highest BCUT2D eigenvalue weighted by Crippen LogP contribution is 2.25. The molecule has 0 aliphatic carbocycles. The number of rotatable bonds is 5. The highest BCUT2D eigenvalue weighted by Gasteiger charge is 2.14. The van der Waals surface area contributed by atoms with Gasteiger partial charge in [0.2, 0.25) is 0 Å². The van der Waals surface area contributed by atoms with Gasteiger partial charge in [-0.05, 0) is 6.07 Å². The Hall–Kier alpha value is -1.82. The van der Waals surface area contributed by atoms with E-state index in [1.807, 2.05) is 0 Å². The standard InChI is InChI=1S/C10H12FNO4/c11-7-5-9(16-3-1-2-13)8(12)4-6(7)10(14)15/h4-5,13H,1-3,12H2,(H,14,15). The summed E-state index contributed by atoms with van der Waals surface area (Å²) in [5, 5.41) is 17.1. The van der Waals surface area contributed by atoms with E-state index in [-0.39, 0.29) is 24.7 Å². The molecule has 88 valence electrons. The molecule has 5 nitrogen and oxygen atoms in total. The number of nitrogens with two attached hydrogens (primary N) is 1. The molecule has 1 rings (SSSR count). The smallest absolute Gasteiger partial charge is 0.338 e. The number of anilines is 1. The molecular formula is C10H12FNO4. The van der Waals surface area contributed by atoms with Crippen molar-refractivity contribution in [2.75, 3.05) is 18.9 Å². The molecule has 0 aliphatic rings. The third-order valence-corrected chi connectivity index (χ3v) is 1.89. The zero-order chi connectivity index (χ0) is 12.1. The predicted molar refractivity (Wildman–Crippen MR) is 55.0 cm³/mol. The maximum atomic E-state index is 13.2. The number of aliphatic hydroxyl groups is 1. The van der Waals surface area contributed by atoms with Crippen LogP contribution in [0.5, 0.6) is 5.75 Å². The molecule has 16 heavy (non-hydrogen) atoms. The van der Waals surface area contributed by atoms with E-state index in [0.717, 1.165) is 12.1 Å². The second-order valence-electron chi connectivity index (χ2n) is 3.10. The van der Waals surface area contributed by atoms with Crippen molar-refractivity contribution in [3.63, 3.8) is 0 Å². The molecule has 0 radical (unpaired) electrons. The second-order valence-corrected chi connectivity index (χ2v) is 3.10. The van der Waals surface area contributed by atoms with Crippen LogP contribution in [-0.2, 0) is 0 Å². The van der Waals surface area contributed by atoms with Crippen molar-refractivity contribution >= 4 is 11.7 Å². The summed E-state index contributed by atoms with van der Waals surface area (Å²) in [7, 11) is 0. The molecule has 0 unspecified atom stereocenters. The lowest BCUT2D eigenvalue weighted by molar-refractivity contribution is 0.0692. The minimum atomic E-state index is -1.38. The molecule has 0 saturated heterocycles. The lowest BCUT2D eigenvalue weighted by atomic mass is 10.2. The van der Waals surface area contributed by atoms with Gasteiger partial charge in [-0.2, -0.15) is 0 Å². The molecule has 0 spiro atoms. The van der Waals surface area contributed by atoms with Gasteiger partial charge in [0.25, 0.3) is 0 Å². The van der Waals surface area contributed by atoms with E-state index >= 15 is 0 Å². The van der Waals surface area contributed by atoms with Crippen LogP contribution in [-0.4, -0.2) is 29.4 Å². The summed E-state index contributed by atoms with van der Waals surface area (Å²) in [5.74, 6) is -2.21. The third kappa shape index (κ3) is 2.83. The largest absolute Gasteiger partial charge is 0.491 e. The number of aliphatic hydroxyl groups excluding tert-OH is 1. The first-order chi connectivity index (χ1) is 7.56. The Bertz CT molecular complexity index is 395. The molecule has 4 N–H and O–H groups in total. The zero-order valence-corrected chi connectivity index (χ0v) is 8.44. The molecule has 0 amide bonds. The van der Waals surface area contributed by atoms with Crippen LogP contribution in [0.4, 0.5) is 10.1 Å². The van der Waals surface area contributed by atoms with Gasteiger partial charge in [-0.15, -0.1) is 0 Å². The number of carboxylic acid groups (broad SMARTS) is 1.